The van der Waals surface area contributed by atoms with Crippen LogP contribution in [-0.2, 0) is 25.7 Å². The summed E-state index contributed by atoms with van der Waals surface area (Å²) in [7, 11) is 0. The van der Waals surface area contributed by atoms with Gasteiger partial charge in [-0.05, 0) is 83.9 Å². The Morgan fingerprint density at radius 1 is 0.556 bits per heavy atom. The fourth-order valence-electron chi connectivity index (χ4n) is 4.58. The largest absolute Gasteiger partial charge is 0.0917 e. The fourth-order valence-corrected chi connectivity index (χ4v) is 4.58. The highest BCUT2D eigenvalue weighted by Gasteiger charge is 2.06. The average molecular weight is 471 g/mol. The predicted octanol–water partition coefficient (Wildman–Crippen LogP) is 9.50. The minimum absolute atomic E-state index is 0.527. The lowest BCUT2D eigenvalue weighted by molar-refractivity contribution is 0.759. The van der Waals surface area contributed by atoms with E-state index in [0.717, 1.165) is 32.1 Å². The fraction of sp³-hybridized carbons (Fsp3) is 0.222. The molecule has 4 aromatic carbocycles. The average Bonchev–Trinajstić information content (AvgIpc) is 2.93. The molecule has 0 bridgehead atoms. The van der Waals surface area contributed by atoms with Crippen molar-refractivity contribution in [2.75, 3.05) is 0 Å². The van der Waals surface area contributed by atoms with Crippen molar-refractivity contribution in [3.05, 3.63) is 154 Å². The van der Waals surface area contributed by atoms with Gasteiger partial charge in [0.25, 0.3) is 0 Å². The third-order valence-corrected chi connectivity index (χ3v) is 6.90. The van der Waals surface area contributed by atoms with Gasteiger partial charge in [-0.15, -0.1) is 0 Å². The number of allylic oxidation sites excluding steroid dienone is 2. The summed E-state index contributed by atoms with van der Waals surface area (Å²) in [6.07, 6.45) is 14.2. The Bertz CT molecular complexity index is 1220. The first-order valence-corrected chi connectivity index (χ1v) is 13.3. The van der Waals surface area contributed by atoms with Gasteiger partial charge in [-0.1, -0.05) is 134 Å². The molecule has 1 atom stereocenters. The van der Waals surface area contributed by atoms with Crippen LogP contribution in [0.25, 0.3) is 12.2 Å². The second kappa shape index (κ2) is 13.4. The summed E-state index contributed by atoms with van der Waals surface area (Å²) in [5.74, 6) is 0.527. The monoisotopic (exact) mass is 470 g/mol. The van der Waals surface area contributed by atoms with Gasteiger partial charge in [-0.2, -0.15) is 0 Å². The Kier molecular flexibility index (Phi) is 9.51. The second-order valence-electron chi connectivity index (χ2n) is 9.76. The van der Waals surface area contributed by atoms with Gasteiger partial charge in [0.2, 0.25) is 0 Å². The van der Waals surface area contributed by atoms with Crippen molar-refractivity contribution < 1.29 is 0 Å². The maximum absolute atomic E-state index is 2.30. The zero-order valence-electron chi connectivity index (χ0n) is 21.7. The minimum atomic E-state index is 0.527. The van der Waals surface area contributed by atoms with E-state index in [1.165, 1.54) is 38.9 Å². The lowest BCUT2D eigenvalue weighted by Crippen LogP contribution is -1.98. The number of benzene rings is 4. The van der Waals surface area contributed by atoms with E-state index in [4.69, 9.17) is 0 Å². The van der Waals surface area contributed by atoms with Crippen LogP contribution in [0.2, 0.25) is 0 Å². The van der Waals surface area contributed by atoms with Crippen molar-refractivity contribution in [3.8, 4) is 0 Å². The zero-order chi connectivity index (χ0) is 25.0. The second-order valence-corrected chi connectivity index (χ2v) is 9.76. The van der Waals surface area contributed by atoms with Crippen LogP contribution in [0.15, 0.2) is 115 Å². The molecular formula is C36H38. The molecule has 182 valence electrons. The quantitative estimate of drug-likeness (QED) is 0.151. The van der Waals surface area contributed by atoms with E-state index in [0.29, 0.717) is 5.92 Å². The molecule has 0 unspecified atom stereocenters. The van der Waals surface area contributed by atoms with Crippen molar-refractivity contribution in [2.24, 2.45) is 0 Å². The van der Waals surface area contributed by atoms with Crippen LogP contribution in [0.4, 0.5) is 0 Å². The zero-order valence-corrected chi connectivity index (χ0v) is 21.7. The van der Waals surface area contributed by atoms with Crippen LogP contribution in [0, 0.1) is 0 Å². The molecule has 0 nitrogen and oxygen atoms in total. The Morgan fingerprint density at radius 3 is 1.56 bits per heavy atom. The van der Waals surface area contributed by atoms with Gasteiger partial charge in [-0.3, -0.25) is 0 Å². The molecule has 0 heterocycles. The Balaban J connectivity index is 1.25. The Hall–Kier alpha value is -3.64. The van der Waals surface area contributed by atoms with Crippen molar-refractivity contribution in [1.29, 1.82) is 0 Å². The van der Waals surface area contributed by atoms with E-state index in [1.54, 1.807) is 0 Å². The van der Waals surface area contributed by atoms with Gasteiger partial charge in [0.05, 0.1) is 0 Å². The van der Waals surface area contributed by atoms with Crippen molar-refractivity contribution in [3.63, 3.8) is 0 Å². The summed E-state index contributed by atoms with van der Waals surface area (Å²) in [6, 6.07) is 37.9. The molecule has 0 aliphatic heterocycles. The summed E-state index contributed by atoms with van der Waals surface area (Å²) in [5, 5.41) is 0. The van der Waals surface area contributed by atoms with E-state index < -0.39 is 0 Å². The van der Waals surface area contributed by atoms with Crippen molar-refractivity contribution in [1.82, 2.24) is 0 Å². The summed E-state index contributed by atoms with van der Waals surface area (Å²) in [4.78, 5) is 0. The molecule has 36 heavy (non-hydrogen) atoms. The van der Waals surface area contributed by atoms with Crippen LogP contribution < -0.4 is 0 Å². The maximum atomic E-state index is 2.30. The summed E-state index contributed by atoms with van der Waals surface area (Å²) in [5.41, 5.74) is 9.49. The Morgan fingerprint density at radius 2 is 1.03 bits per heavy atom. The molecule has 4 rings (SSSR count). The van der Waals surface area contributed by atoms with Crippen molar-refractivity contribution >= 4 is 12.2 Å². The summed E-state index contributed by atoms with van der Waals surface area (Å²) in [6.45, 7) is 4.38. The lowest BCUT2D eigenvalue weighted by atomic mass is 9.93. The summed E-state index contributed by atoms with van der Waals surface area (Å²) < 4.78 is 0. The van der Waals surface area contributed by atoms with Gasteiger partial charge in [0.15, 0.2) is 0 Å². The molecular weight excluding hydrogens is 432 g/mol. The SMILES string of the molecule is C/C=C/CCc1ccc(CCc2ccc(C=Cc3ccc(C[C@H](C)c4ccccc4)cc3)cc2)cc1. The molecule has 0 saturated heterocycles. The van der Waals surface area contributed by atoms with Crippen LogP contribution in [0.5, 0.6) is 0 Å². The number of hydrogen-bond donors (Lipinski definition) is 0. The molecule has 0 heteroatoms. The minimum Gasteiger partial charge on any atom is -0.0917 e. The maximum Gasteiger partial charge on any atom is -0.0150 e. The third kappa shape index (κ3) is 7.95. The van der Waals surface area contributed by atoms with Crippen LogP contribution >= 0.6 is 0 Å². The normalized spacial score (nSPS) is 12.4. The Labute approximate surface area is 218 Å². The third-order valence-electron chi connectivity index (χ3n) is 6.90. The standard InChI is InChI=1S/C36H38/c1-3-4-6-9-30-12-14-31(15-13-30)16-17-32-18-20-33(21-19-32)22-23-34-24-26-35(27-25-34)28-29(2)36-10-7-5-8-11-36/h3-5,7-8,10-15,18-27,29H,6,9,16-17,28H2,1-2H3/b4-3+,23-22?/t29-/m0/s1. The van der Waals surface area contributed by atoms with Gasteiger partial charge in [-0.25, -0.2) is 0 Å². The number of rotatable bonds is 11. The van der Waals surface area contributed by atoms with E-state index in [1.807, 2.05) is 0 Å². The van der Waals surface area contributed by atoms with Crippen molar-refractivity contribution in [2.45, 2.75) is 51.9 Å². The van der Waals surface area contributed by atoms with Gasteiger partial charge < -0.3 is 0 Å². The highest BCUT2D eigenvalue weighted by molar-refractivity contribution is 5.69. The van der Waals surface area contributed by atoms with Gasteiger partial charge in [0.1, 0.15) is 0 Å². The number of hydrogen-bond acceptors (Lipinski definition) is 0. The van der Waals surface area contributed by atoms with Gasteiger partial charge in [0, 0.05) is 0 Å². The molecule has 0 fully saturated rings. The highest BCUT2D eigenvalue weighted by atomic mass is 14.1. The highest BCUT2D eigenvalue weighted by Crippen LogP contribution is 2.21. The molecule has 0 spiro atoms. The first kappa shape index (κ1) is 25.5. The molecule has 0 radical (unpaired) electrons. The van der Waals surface area contributed by atoms with Gasteiger partial charge >= 0.3 is 0 Å². The molecule has 0 aliphatic carbocycles. The summed E-state index contributed by atoms with van der Waals surface area (Å²) >= 11 is 0. The molecule has 0 amide bonds. The molecule has 0 N–H and O–H groups in total. The molecule has 0 aliphatic rings. The van der Waals surface area contributed by atoms with Crippen LogP contribution in [0.3, 0.4) is 0 Å². The van der Waals surface area contributed by atoms with E-state index in [-0.39, 0.29) is 0 Å². The molecule has 4 aromatic rings. The number of aryl methyl sites for hydroxylation is 3. The molecule has 0 saturated carbocycles. The lowest BCUT2D eigenvalue weighted by Gasteiger charge is -2.12. The topological polar surface area (TPSA) is 0 Å². The first-order chi connectivity index (χ1) is 17.7. The van der Waals surface area contributed by atoms with Crippen LogP contribution in [-0.4, -0.2) is 0 Å². The first-order valence-electron chi connectivity index (χ1n) is 13.3. The molecule has 0 aromatic heterocycles. The van der Waals surface area contributed by atoms with E-state index in [9.17, 15) is 0 Å². The smallest absolute Gasteiger partial charge is 0.0150 e. The predicted molar refractivity (Wildman–Crippen MR) is 157 cm³/mol. The van der Waals surface area contributed by atoms with E-state index >= 15 is 0 Å². The van der Waals surface area contributed by atoms with E-state index in [2.05, 4.69) is 141 Å². The van der Waals surface area contributed by atoms with Crippen LogP contribution in [0.1, 0.15) is 65.1 Å².